The van der Waals surface area contributed by atoms with Crippen LogP contribution in [0.1, 0.15) is 21.5 Å². The van der Waals surface area contributed by atoms with Gasteiger partial charge < -0.3 is 4.74 Å². The number of nitrogens with zero attached hydrogens (tertiary/aromatic N) is 2. The van der Waals surface area contributed by atoms with Gasteiger partial charge in [-0.2, -0.15) is 5.26 Å². The average Bonchev–Trinajstić information content (AvgIpc) is 2.77. The summed E-state index contributed by atoms with van der Waals surface area (Å²) in [6, 6.07) is 19.8. The van der Waals surface area contributed by atoms with Gasteiger partial charge in [0, 0.05) is 17.7 Å². The molecule has 0 saturated carbocycles. The monoisotopic (exact) mass is 402 g/mol. The summed E-state index contributed by atoms with van der Waals surface area (Å²) in [5.41, 5.74) is 1.11. The van der Waals surface area contributed by atoms with Crippen LogP contribution in [-0.2, 0) is 6.61 Å². The van der Waals surface area contributed by atoms with Crippen molar-refractivity contribution in [3.8, 4) is 11.8 Å². The van der Waals surface area contributed by atoms with Crippen LogP contribution in [0.25, 0.3) is 6.08 Å². The van der Waals surface area contributed by atoms with Gasteiger partial charge in [-0.1, -0.05) is 36.4 Å². The molecule has 0 heterocycles. The minimum Gasteiger partial charge on any atom is -0.489 e. The molecule has 148 valence electrons. The van der Waals surface area contributed by atoms with E-state index in [0.717, 1.165) is 11.6 Å². The van der Waals surface area contributed by atoms with Crippen molar-refractivity contribution >= 4 is 17.5 Å². The minimum absolute atomic E-state index is 0.0660. The SMILES string of the molecule is N#C/C(=C\c1ccc(OCc2ccc(F)cc2)cc1)C(=O)c1cccc([N+](=O)[O-])c1. The third-order valence-electron chi connectivity index (χ3n) is 4.19. The molecule has 0 amide bonds. The lowest BCUT2D eigenvalue weighted by Crippen LogP contribution is -2.02. The summed E-state index contributed by atoms with van der Waals surface area (Å²) in [4.78, 5) is 22.8. The van der Waals surface area contributed by atoms with E-state index in [-0.39, 0.29) is 29.2 Å². The van der Waals surface area contributed by atoms with Crippen LogP contribution in [-0.4, -0.2) is 10.7 Å². The van der Waals surface area contributed by atoms with E-state index in [4.69, 9.17) is 4.74 Å². The van der Waals surface area contributed by atoms with Crippen LogP contribution in [0, 0.1) is 27.3 Å². The molecule has 0 aliphatic heterocycles. The summed E-state index contributed by atoms with van der Waals surface area (Å²) in [5.74, 6) is -0.347. The number of nitro benzene ring substituents is 1. The van der Waals surface area contributed by atoms with E-state index >= 15 is 0 Å². The Hall–Kier alpha value is -4.31. The van der Waals surface area contributed by atoms with Gasteiger partial charge >= 0.3 is 0 Å². The molecular weight excluding hydrogens is 387 g/mol. The summed E-state index contributed by atoms with van der Waals surface area (Å²) in [7, 11) is 0. The second-order valence-corrected chi connectivity index (χ2v) is 6.29. The van der Waals surface area contributed by atoms with Crippen LogP contribution in [0.2, 0.25) is 0 Å². The number of halogens is 1. The molecule has 3 aromatic carbocycles. The van der Waals surface area contributed by atoms with E-state index in [1.807, 2.05) is 6.07 Å². The van der Waals surface area contributed by atoms with Gasteiger partial charge in [0.2, 0.25) is 5.78 Å². The second kappa shape index (κ2) is 9.26. The maximum Gasteiger partial charge on any atom is 0.270 e. The Bertz CT molecular complexity index is 1150. The minimum atomic E-state index is -0.600. The van der Waals surface area contributed by atoms with Crippen molar-refractivity contribution in [2.24, 2.45) is 0 Å². The van der Waals surface area contributed by atoms with Crippen LogP contribution in [0.4, 0.5) is 10.1 Å². The average molecular weight is 402 g/mol. The van der Waals surface area contributed by atoms with Crippen molar-refractivity contribution in [1.82, 2.24) is 0 Å². The molecule has 3 rings (SSSR count). The molecule has 0 atom stereocenters. The highest BCUT2D eigenvalue weighted by atomic mass is 19.1. The van der Waals surface area contributed by atoms with Crippen molar-refractivity contribution in [2.45, 2.75) is 6.61 Å². The van der Waals surface area contributed by atoms with E-state index in [2.05, 4.69) is 0 Å². The van der Waals surface area contributed by atoms with E-state index in [1.165, 1.54) is 36.4 Å². The topological polar surface area (TPSA) is 93.2 Å². The van der Waals surface area contributed by atoms with Gasteiger partial charge in [-0.25, -0.2) is 4.39 Å². The van der Waals surface area contributed by atoms with Gasteiger partial charge in [0.15, 0.2) is 0 Å². The molecule has 0 N–H and O–H groups in total. The molecule has 0 radical (unpaired) electrons. The number of Topliss-reactive ketones (excluding diaryl/α,β-unsaturated/α-hetero) is 1. The number of ether oxygens (including phenoxy) is 1. The number of benzene rings is 3. The quantitative estimate of drug-likeness (QED) is 0.180. The summed E-state index contributed by atoms with van der Waals surface area (Å²) in [6.07, 6.45) is 1.41. The molecule has 0 unspecified atom stereocenters. The highest BCUT2D eigenvalue weighted by Crippen LogP contribution is 2.20. The number of carbonyl (C=O) groups excluding carboxylic acids is 1. The van der Waals surface area contributed by atoms with Gasteiger partial charge in [0.25, 0.3) is 5.69 Å². The first kappa shape index (κ1) is 20.4. The van der Waals surface area contributed by atoms with E-state index < -0.39 is 10.7 Å². The lowest BCUT2D eigenvalue weighted by atomic mass is 10.0. The third kappa shape index (κ3) is 5.14. The van der Waals surface area contributed by atoms with Crippen LogP contribution < -0.4 is 4.74 Å². The van der Waals surface area contributed by atoms with Crippen LogP contribution in [0.3, 0.4) is 0 Å². The summed E-state index contributed by atoms with van der Waals surface area (Å²) >= 11 is 0. The molecule has 3 aromatic rings. The largest absolute Gasteiger partial charge is 0.489 e. The van der Waals surface area contributed by atoms with E-state index in [1.54, 1.807) is 36.4 Å². The fraction of sp³-hybridized carbons (Fsp3) is 0.0435. The number of rotatable bonds is 7. The van der Waals surface area contributed by atoms with Crippen LogP contribution in [0.5, 0.6) is 5.75 Å². The number of nitro groups is 1. The Kier molecular flexibility index (Phi) is 6.30. The van der Waals surface area contributed by atoms with Gasteiger partial charge in [0.1, 0.15) is 29.8 Å². The zero-order valence-electron chi connectivity index (χ0n) is 15.6. The van der Waals surface area contributed by atoms with Crippen molar-refractivity contribution < 1.29 is 18.8 Å². The van der Waals surface area contributed by atoms with E-state index in [0.29, 0.717) is 11.3 Å². The fourth-order valence-corrected chi connectivity index (χ4v) is 2.64. The zero-order chi connectivity index (χ0) is 21.5. The number of non-ortho nitro benzene ring substituents is 1. The highest BCUT2D eigenvalue weighted by molar-refractivity contribution is 6.14. The molecule has 0 aliphatic rings. The Balaban J connectivity index is 1.72. The van der Waals surface area contributed by atoms with Crippen molar-refractivity contribution in [1.29, 1.82) is 5.26 Å². The van der Waals surface area contributed by atoms with E-state index in [9.17, 15) is 24.6 Å². The molecule has 0 fully saturated rings. The van der Waals surface area contributed by atoms with Gasteiger partial charge in [-0.15, -0.1) is 0 Å². The summed E-state index contributed by atoms with van der Waals surface area (Å²) in [6.45, 7) is 0.268. The van der Waals surface area contributed by atoms with Crippen molar-refractivity contribution in [3.05, 3.63) is 111 Å². The summed E-state index contributed by atoms with van der Waals surface area (Å²) < 4.78 is 18.6. The smallest absolute Gasteiger partial charge is 0.270 e. The van der Waals surface area contributed by atoms with Gasteiger partial charge in [-0.3, -0.25) is 14.9 Å². The first-order valence-electron chi connectivity index (χ1n) is 8.84. The molecule has 0 bridgehead atoms. The number of carbonyl (C=O) groups is 1. The number of hydrogen-bond acceptors (Lipinski definition) is 5. The maximum absolute atomic E-state index is 12.9. The lowest BCUT2D eigenvalue weighted by molar-refractivity contribution is -0.384. The lowest BCUT2D eigenvalue weighted by Gasteiger charge is -2.07. The Morgan fingerprint density at radius 3 is 2.43 bits per heavy atom. The standard InChI is InChI=1S/C23H15FN2O4/c24-20-8-4-17(5-9-20)15-30-22-10-6-16(7-11-22)12-19(14-25)23(27)18-2-1-3-21(13-18)26(28)29/h1-13H,15H2/b19-12+. The molecule has 0 aromatic heterocycles. The van der Waals surface area contributed by atoms with Gasteiger partial charge in [0.05, 0.1) is 4.92 Å². The molecule has 30 heavy (non-hydrogen) atoms. The van der Waals surface area contributed by atoms with Crippen molar-refractivity contribution in [2.75, 3.05) is 0 Å². The zero-order valence-corrected chi connectivity index (χ0v) is 15.6. The second-order valence-electron chi connectivity index (χ2n) is 6.29. The van der Waals surface area contributed by atoms with Crippen LogP contribution in [0.15, 0.2) is 78.4 Å². The fourth-order valence-electron chi connectivity index (χ4n) is 2.64. The number of hydrogen-bond donors (Lipinski definition) is 0. The number of allylic oxidation sites excluding steroid dienone is 1. The molecule has 6 nitrogen and oxygen atoms in total. The predicted octanol–water partition coefficient (Wildman–Crippen LogP) is 5.10. The highest BCUT2D eigenvalue weighted by Gasteiger charge is 2.15. The number of nitriles is 1. The van der Waals surface area contributed by atoms with Crippen molar-refractivity contribution in [3.63, 3.8) is 0 Å². The normalized spacial score (nSPS) is 10.9. The summed E-state index contributed by atoms with van der Waals surface area (Å²) in [5, 5.41) is 20.2. The Labute approximate surface area is 171 Å². The molecule has 0 spiro atoms. The molecular formula is C23H15FN2O4. The molecule has 0 saturated heterocycles. The van der Waals surface area contributed by atoms with Gasteiger partial charge in [-0.05, 0) is 41.5 Å². The third-order valence-corrected chi connectivity index (χ3v) is 4.19. The Morgan fingerprint density at radius 1 is 1.10 bits per heavy atom. The first-order chi connectivity index (χ1) is 14.5. The molecule has 0 aliphatic carbocycles. The first-order valence-corrected chi connectivity index (χ1v) is 8.84. The maximum atomic E-state index is 12.9. The predicted molar refractivity (Wildman–Crippen MR) is 108 cm³/mol. The van der Waals surface area contributed by atoms with Crippen LogP contribution >= 0.6 is 0 Å². The Morgan fingerprint density at radius 2 is 1.80 bits per heavy atom. The number of ketones is 1. The molecule has 7 heteroatoms.